The lowest BCUT2D eigenvalue weighted by molar-refractivity contribution is 1.30. The fraction of sp³-hybridized carbons (Fsp3) is 0. The van der Waals surface area contributed by atoms with Crippen molar-refractivity contribution in [2.45, 2.75) is 0 Å². The van der Waals surface area contributed by atoms with Gasteiger partial charge in [0.25, 0.3) is 0 Å². The molecule has 0 N–H and O–H groups in total. The zero-order valence-corrected chi connectivity index (χ0v) is 29.3. The van der Waals surface area contributed by atoms with E-state index in [9.17, 15) is 0 Å². The van der Waals surface area contributed by atoms with Crippen molar-refractivity contribution < 1.29 is 0 Å². The molecule has 51 heavy (non-hydrogen) atoms. The van der Waals surface area contributed by atoms with Gasteiger partial charge in [0.1, 0.15) is 0 Å². The minimum Gasteiger partial charge on any atom is -0.309 e. The highest BCUT2D eigenvalue weighted by Crippen LogP contribution is 2.48. The summed E-state index contributed by atoms with van der Waals surface area (Å²) in [6, 6.07) is 68.6. The van der Waals surface area contributed by atoms with Gasteiger partial charge in [-0.2, -0.15) is 0 Å². The zero-order valence-electron chi connectivity index (χ0n) is 27.7. The summed E-state index contributed by atoms with van der Waals surface area (Å²) >= 11 is 3.76. The summed E-state index contributed by atoms with van der Waals surface area (Å²) in [5.41, 5.74) is 10.8. The van der Waals surface area contributed by atoms with Crippen LogP contribution in [0.2, 0.25) is 0 Å². The first-order valence-corrected chi connectivity index (χ1v) is 18.9. The molecule has 3 heteroatoms. The molecular weight excluding hydrogens is 655 g/mol. The molecule has 0 atom stereocenters. The van der Waals surface area contributed by atoms with Crippen LogP contribution in [0.1, 0.15) is 0 Å². The number of anilines is 3. The molecule has 0 spiro atoms. The standard InChI is InChI=1S/C48H31NS2/c1-3-13-32(14-4-1)33-25-27-35(28-26-33)49(44-22-12-21-41-39-18-8-10-24-46(39)51-48(41)44)36-29-30-37(34-15-5-2-6-16-34)43(31-36)42-20-11-19-40-38-17-7-9-23-45(38)50-47(40)42/h1-31H. The van der Waals surface area contributed by atoms with E-state index in [1.807, 2.05) is 22.7 Å². The average molecular weight is 686 g/mol. The molecule has 0 radical (unpaired) electrons. The van der Waals surface area contributed by atoms with Crippen LogP contribution in [0.4, 0.5) is 17.1 Å². The van der Waals surface area contributed by atoms with E-state index in [2.05, 4.69) is 193 Å². The SMILES string of the molecule is c1ccc(-c2ccc(N(c3ccc(-c4ccccc4)c(-c4cccc5c4sc4ccccc45)c3)c3cccc4c3sc3ccccc34)cc2)cc1. The van der Waals surface area contributed by atoms with Gasteiger partial charge in [-0.25, -0.2) is 0 Å². The van der Waals surface area contributed by atoms with Crippen LogP contribution in [0, 0.1) is 0 Å². The lowest BCUT2D eigenvalue weighted by atomic mass is 9.92. The second-order valence-electron chi connectivity index (χ2n) is 12.9. The normalized spacial score (nSPS) is 11.5. The molecule has 2 heterocycles. The summed E-state index contributed by atoms with van der Waals surface area (Å²) in [4.78, 5) is 2.45. The van der Waals surface area contributed by atoms with Crippen molar-refractivity contribution in [1.82, 2.24) is 0 Å². The summed E-state index contributed by atoms with van der Waals surface area (Å²) in [5.74, 6) is 0. The first-order chi connectivity index (χ1) is 25.3. The van der Waals surface area contributed by atoms with Gasteiger partial charge in [0, 0.05) is 52.6 Å². The summed E-state index contributed by atoms with van der Waals surface area (Å²) in [6.45, 7) is 0. The van der Waals surface area contributed by atoms with Crippen molar-refractivity contribution in [1.29, 1.82) is 0 Å². The molecule has 0 saturated carbocycles. The second-order valence-corrected chi connectivity index (χ2v) is 15.0. The molecule has 0 fully saturated rings. The Morgan fingerprint density at radius 3 is 1.55 bits per heavy atom. The van der Waals surface area contributed by atoms with E-state index in [1.165, 1.54) is 79.4 Å². The van der Waals surface area contributed by atoms with Gasteiger partial charge in [-0.05, 0) is 70.3 Å². The van der Waals surface area contributed by atoms with Crippen LogP contribution >= 0.6 is 22.7 Å². The summed E-state index contributed by atoms with van der Waals surface area (Å²) < 4.78 is 5.22. The zero-order chi connectivity index (χ0) is 33.7. The lowest BCUT2D eigenvalue weighted by Gasteiger charge is -2.27. The fourth-order valence-electron chi connectivity index (χ4n) is 7.49. The number of benzene rings is 8. The van der Waals surface area contributed by atoms with Crippen LogP contribution in [-0.4, -0.2) is 0 Å². The molecule has 0 bridgehead atoms. The Morgan fingerprint density at radius 2 is 0.843 bits per heavy atom. The Hall–Kier alpha value is -6.00. The minimum absolute atomic E-state index is 1.12. The monoisotopic (exact) mass is 685 g/mol. The molecule has 0 saturated heterocycles. The maximum Gasteiger partial charge on any atom is 0.0640 e. The van der Waals surface area contributed by atoms with Crippen molar-refractivity contribution in [2.24, 2.45) is 0 Å². The molecule has 0 amide bonds. The van der Waals surface area contributed by atoms with Gasteiger partial charge in [0.2, 0.25) is 0 Å². The predicted octanol–water partition coefficient (Wildman–Crippen LogP) is 14.9. The van der Waals surface area contributed by atoms with E-state index < -0.39 is 0 Å². The van der Waals surface area contributed by atoms with Crippen molar-refractivity contribution in [3.05, 3.63) is 188 Å². The predicted molar refractivity (Wildman–Crippen MR) is 223 cm³/mol. The van der Waals surface area contributed by atoms with Gasteiger partial charge >= 0.3 is 0 Å². The van der Waals surface area contributed by atoms with E-state index in [0.29, 0.717) is 0 Å². The Morgan fingerprint density at radius 1 is 0.314 bits per heavy atom. The molecule has 0 aliphatic carbocycles. The Kier molecular flexibility index (Phi) is 7.26. The number of thiophene rings is 2. The highest BCUT2D eigenvalue weighted by Gasteiger charge is 2.21. The molecule has 0 aliphatic heterocycles. The third-order valence-electron chi connectivity index (χ3n) is 9.90. The smallest absolute Gasteiger partial charge is 0.0640 e. The van der Waals surface area contributed by atoms with E-state index in [1.54, 1.807) is 0 Å². The maximum absolute atomic E-state index is 2.45. The summed E-state index contributed by atoms with van der Waals surface area (Å²) in [7, 11) is 0. The van der Waals surface area contributed by atoms with Crippen LogP contribution in [0.25, 0.3) is 73.7 Å². The van der Waals surface area contributed by atoms with E-state index in [0.717, 1.165) is 11.4 Å². The highest BCUT2D eigenvalue weighted by molar-refractivity contribution is 7.26. The maximum atomic E-state index is 2.45. The molecule has 10 aromatic rings. The van der Waals surface area contributed by atoms with Crippen molar-refractivity contribution in [3.63, 3.8) is 0 Å². The molecule has 0 unspecified atom stereocenters. The second kappa shape index (κ2) is 12.4. The van der Waals surface area contributed by atoms with Crippen molar-refractivity contribution in [2.75, 3.05) is 4.90 Å². The third-order valence-corrected chi connectivity index (χ3v) is 12.3. The van der Waals surface area contributed by atoms with Crippen LogP contribution in [-0.2, 0) is 0 Å². The molecular formula is C48H31NS2. The number of hydrogen-bond acceptors (Lipinski definition) is 3. The van der Waals surface area contributed by atoms with Crippen LogP contribution in [0.15, 0.2) is 188 Å². The van der Waals surface area contributed by atoms with E-state index in [4.69, 9.17) is 0 Å². The summed E-state index contributed by atoms with van der Waals surface area (Å²) in [5, 5.41) is 5.21. The Labute approximate surface area is 304 Å². The summed E-state index contributed by atoms with van der Waals surface area (Å²) in [6.07, 6.45) is 0. The van der Waals surface area contributed by atoms with Gasteiger partial charge in [0.05, 0.1) is 10.4 Å². The van der Waals surface area contributed by atoms with Crippen molar-refractivity contribution >= 4 is 80.1 Å². The Balaban J connectivity index is 1.23. The first kappa shape index (κ1) is 29.9. The average Bonchev–Trinajstić information content (AvgIpc) is 3.78. The van der Waals surface area contributed by atoms with Crippen LogP contribution < -0.4 is 4.90 Å². The highest BCUT2D eigenvalue weighted by atomic mass is 32.1. The number of hydrogen-bond donors (Lipinski definition) is 0. The van der Waals surface area contributed by atoms with Gasteiger partial charge in [-0.1, -0.05) is 146 Å². The molecule has 240 valence electrons. The van der Waals surface area contributed by atoms with Gasteiger partial charge in [-0.3, -0.25) is 0 Å². The third kappa shape index (κ3) is 5.13. The number of rotatable bonds is 6. The first-order valence-electron chi connectivity index (χ1n) is 17.3. The molecule has 1 nitrogen and oxygen atoms in total. The van der Waals surface area contributed by atoms with Gasteiger partial charge < -0.3 is 4.90 Å². The van der Waals surface area contributed by atoms with Crippen LogP contribution in [0.3, 0.4) is 0 Å². The lowest BCUT2D eigenvalue weighted by Crippen LogP contribution is -2.10. The fourth-order valence-corrected chi connectivity index (χ4v) is 9.93. The van der Waals surface area contributed by atoms with Crippen LogP contribution in [0.5, 0.6) is 0 Å². The van der Waals surface area contributed by atoms with Gasteiger partial charge in [0.15, 0.2) is 0 Å². The van der Waals surface area contributed by atoms with E-state index >= 15 is 0 Å². The Bertz CT molecular complexity index is 2850. The van der Waals surface area contributed by atoms with Crippen molar-refractivity contribution in [3.8, 4) is 33.4 Å². The largest absolute Gasteiger partial charge is 0.309 e. The van der Waals surface area contributed by atoms with E-state index in [-0.39, 0.29) is 0 Å². The minimum atomic E-state index is 1.12. The molecule has 10 rings (SSSR count). The quantitative estimate of drug-likeness (QED) is 0.168. The molecule has 8 aromatic carbocycles. The molecule has 2 aromatic heterocycles. The molecule has 0 aliphatic rings. The number of nitrogens with zero attached hydrogens (tertiary/aromatic N) is 1. The topological polar surface area (TPSA) is 3.24 Å². The van der Waals surface area contributed by atoms with Gasteiger partial charge in [-0.15, -0.1) is 22.7 Å². The number of fused-ring (bicyclic) bond motifs is 6.